The van der Waals surface area contributed by atoms with Crippen molar-refractivity contribution < 1.29 is 0 Å². The number of fused-ring (bicyclic) bond motifs is 1. The molecule has 0 saturated carbocycles. The molecule has 20 heavy (non-hydrogen) atoms. The van der Waals surface area contributed by atoms with Gasteiger partial charge in [-0.3, -0.25) is 0 Å². The molecule has 2 aromatic heterocycles. The van der Waals surface area contributed by atoms with Crippen molar-refractivity contribution >= 4 is 17.2 Å². The van der Waals surface area contributed by atoms with Gasteiger partial charge in [-0.2, -0.15) is 0 Å². The average molecular weight is 286 g/mol. The molecule has 1 saturated heterocycles. The van der Waals surface area contributed by atoms with E-state index >= 15 is 0 Å². The van der Waals surface area contributed by atoms with Crippen molar-refractivity contribution in [1.82, 2.24) is 15.3 Å². The zero-order valence-electron chi connectivity index (χ0n) is 11.3. The quantitative estimate of drug-likeness (QED) is 0.891. The zero-order chi connectivity index (χ0) is 13.4. The van der Waals surface area contributed by atoms with Crippen LogP contribution in [0.25, 0.3) is 10.7 Å². The second-order valence-electron chi connectivity index (χ2n) is 5.55. The molecule has 1 atom stereocenters. The zero-order valence-corrected chi connectivity index (χ0v) is 12.1. The van der Waals surface area contributed by atoms with Crippen molar-refractivity contribution in [2.24, 2.45) is 5.92 Å². The molecule has 4 nitrogen and oxygen atoms in total. The summed E-state index contributed by atoms with van der Waals surface area (Å²) >= 11 is 1.64. The molecular weight excluding hydrogens is 268 g/mol. The van der Waals surface area contributed by atoms with Gasteiger partial charge in [0.1, 0.15) is 16.5 Å². The first-order valence-corrected chi connectivity index (χ1v) is 8.15. The number of nitrogens with one attached hydrogen (secondary N) is 2. The van der Waals surface area contributed by atoms with Crippen LogP contribution in [0.3, 0.4) is 0 Å². The van der Waals surface area contributed by atoms with Gasteiger partial charge in [-0.15, -0.1) is 11.3 Å². The molecule has 2 N–H and O–H groups in total. The Morgan fingerprint density at radius 2 is 2.10 bits per heavy atom. The minimum absolute atomic E-state index is 0.630. The van der Waals surface area contributed by atoms with Gasteiger partial charge < -0.3 is 10.6 Å². The largest absolute Gasteiger partial charge is 0.369 e. The lowest BCUT2D eigenvalue weighted by atomic mass is 9.82. The van der Waals surface area contributed by atoms with Crippen LogP contribution in [-0.4, -0.2) is 29.6 Å². The fraction of sp³-hybridized carbons (Fsp3) is 0.467. The Morgan fingerprint density at radius 1 is 1.20 bits per heavy atom. The van der Waals surface area contributed by atoms with E-state index in [1.54, 1.807) is 11.3 Å². The summed E-state index contributed by atoms with van der Waals surface area (Å²) in [5.74, 6) is 2.49. The standard InChI is InChI=1S/C15H18N4S/c1-2-13(15-17-7-8-20-15)19-14-11(1)12(9-18-14)10-3-5-16-6-4-10/h1-2,7-8,10,12,16H,3-6,9H2,(H,18,19). The number of piperidine rings is 1. The molecule has 0 spiro atoms. The Hall–Kier alpha value is -1.46. The summed E-state index contributed by atoms with van der Waals surface area (Å²) < 4.78 is 0. The molecule has 104 valence electrons. The van der Waals surface area contributed by atoms with E-state index in [1.807, 2.05) is 11.6 Å². The van der Waals surface area contributed by atoms with Gasteiger partial charge >= 0.3 is 0 Å². The summed E-state index contributed by atoms with van der Waals surface area (Å²) in [5.41, 5.74) is 2.38. The van der Waals surface area contributed by atoms with Crippen LogP contribution in [0.5, 0.6) is 0 Å². The maximum atomic E-state index is 4.76. The van der Waals surface area contributed by atoms with Crippen molar-refractivity contribution in [3.63, 3.8) is 0 Å². The first-order chi connectivity index (χ1) is 9.92. The number of nitrogens with zero attached hydrogens (tertiary/aromatic N) is 2. The van der Waals surface area contributed by atoms with Gasteiger partial charge in [0.25, 0.3) is 0 Å². The number of hydrogen-bond donors (Lipinski definition) is 2. The predicted octanol–water partition coefficient (Wildman–Crippen LogP) is 2.71. The fourth-order valence-electron chi connectivity index (χ4n) is 3.36. The maximum absolute atomic E-state index is 4.76. The smallest absolute Gasteiger partial charge is 0.141 e. The Balaban J connectivity index is 1.62. The molecule has 1 unspecified atom stereocenters. The summed E-state index contributed by atoms with van der Waals surface area (Å²) in [6, 6.07) is 4.38. The van der Waals surface area contributed by atoms with Crippen LogP contribution in [0, 0.1) is 5.92 Å². The van der Waals surface area contributed by atoms with Crippen LogP contribution in [0.1, 0.15) is 24.3 Å². The third kappa shape index (κ3) is 2.11. The summed E-state index contributed by atoms with van der Waals surface area (Å²) in [6.45, 7) is 3.34. The first kappa shape index (κ1) is 12.3. The molecule has 2 aliphatic rings. The second-order valence-corrected chi connectivity index (χ2v) is 6.44. The normalized spacial score (nSPS) is 22.5. The molecule has 0 radical (unpaired) electrons. The van der Waals surface area contributed by atoms with E-state index in [0.29, 0.717) is 5.92 Å². The van der Waals surface area contributed by atoms with Crippen LogP contribution in [0.15, 0.2) is 23.7 Å². The van der Waals surface area contributed by atoms with Crippen molar-refractivity contribution in [3.05, 3.63) is 29.3 Å². The Bertz CT molecular complexity index is 590. The number of thiazole rings is 1. The molecule has 0 amide bonds. The topological polar surface area (TPSA) is 49.8 Å². The lowest BCUT2D eigenvalue weighted by molar-refractivity contribution is 0.330. The lowest BCUT2D eigenvalue weighted by Gasteiger charge is -2.27. The Labute approximate surface area is 122 Å². The van der Waals surface area contributed by atoms with Gasteiger partial charge in [-0.05, 0) is 43.5 Å². The minimum atomic E-state index is 0.630. The summed E-state index contributed by atoms with van der Waals surface area (Å²) in [7, 11) is 0. The van der Waals surface area contributed by atoms with Gasteiger partial charge in [0.2, 0.25) is 0 Å². The van der Waals surface area contributed by atoms with Gasteiger partial charge in [0.15, 0.2) is 0 Å². The maximum Gasteiger partial charge on any atom is 0.141 e. The number of pyridine rings is 1. The SMILES string of the molecule is c1csc(-c2ccc3c(n2)NCC3C2CCNCC2)n1. The molecule has 0 bridgehead atoms. The number of aromatic nitrogens is 2. The monoisotopic (exact) mass is 286 g/mol. The van der Waals surface area contributed by atoms with E-state index in [4.69, 9.17) is 4.98 Å². The van der Waals surface area contributed by atoms with E-state index in [1.165, 1.54) is 18.4 Å². The molecule has 2 aliphatic heterocycles. The van der Waals surface area contributed by atoms with E-state index in [-0.39, 0.29) is 0 Å². The van der Waals surface area contributed by atoms with E-state index < -0.39 is 0 Å². The molecule has 4 heterocycles. The minimum Gasteiger partial charge on any atom is -0.369 e. The van der Waals surface area contributed by atoms with Crippen molar-refractivity contribution in [2.75, 3.05) is 25.0 Å². The second kappa shape index (κ2) is 5.14. The first-order valence-electron chi connectivity index (χ1n) is 7.27. The highest BCUT2D eigenvalue weighted by Gasteiger charge is 2.31. The fourth-order valence-corrected chi connectivity index (χ4v) is 3.97. The summed E-state index contributed by atoms with van der Waals surface area (Å²) in [4.78, 5) is 9.10. The van der Waals surface area contributed by atoms with Gasteiger partial charge in [-0.1, -0.05) is 6.07 Å². The molecule has 0 aromatic carbocycles. The molecule has 5 heteroatoms. The summed E-state index contributed by atoms with van der Waals surface area (Å²) in [6.07, 6.45) is 4.39. The van der Waals surface area contributed by atoms with Gasteiger partial charge in [0.05, 0.1) is 0 Å². The highest BCUT2D eigenvalue weighted by Crippen LogP contribution is 2.39. The van der Waals surface area contributed by atoms with Crippen LogP contribution in [-0.2, 0) is 0 Å². The van der Waals surface area contributed by atoms with Crippen LogP contribution in [0.2, 0.25) is 0 Å². The van der Waals surface area contributed by atoms with Crippen LogP contribution < -0.4 is 10.6 Å². The highest BCUT2D eigenvalue weighted by molar-refractivity contribution is 7.13. The Kier molecular flexibility index (Phi) is 3.16. The molecular formula is C15H18N4S. The van der Waals surface area contributed by atoms with E-state index in [2.05, 4.69) is 27.8 Å². The molecule has 2 aromatic rings. The predicted molar refractivity (Wildman–Crippen MR) is 82.2 cm³/mol. The van der Waals surface area contributed by atoms with Gasteiger partial charge in [0, 0.05) is 24.0 Å². The molecule has 0 aliphatic carbocycles. The number of rotatable bonds is 2. The lowest BCUT2D eigenvalue weighted by Crippen LogP contribution is -2.31. The van der Waals surface area contributed by atoms with E-state index in [0.717, 1.165) is 42.1 Å². The van der Waals surface area contributed by atoms with E-state index in [9.17, 15) is 0 Å². The van der Waals surface area contributed by atoms with Crippen molar-refractivity contribution in [2.45, 2.75) is 18.8 Å². The van der Waals surface area contributed by atoms with Crippen molar-refractivity contribution in [1.29, 1.82) is 0 Å². The summed E-state index contributed by atoms with van der Waals surface area (Å²) in [5, 5.41) is 9.94. The molecule has 1 fully saturated rings. The third-order valence-electron chi connectivity index (χ3n) is 4.42. The number of anilines is 1. The average Bonchev–Trinajstić information content (AvgIpc) is 3.17. The van der Waals surface area contributed by atoms with Crippen LogP contribution in [0.4, 0.5) is 5.82 Å². The highest BCUT2D eigenvalue weighted by atomic mass is 32.1. The molecule has 4 rings (SSSR count). The number of hydrogen-bond acceptors (Lipinski definition) is 5. The Morgan fingerprint density at radius 3 is 2.90 bits per heavy atom. The van der Waals surface area contributed by atoms with Crippen molar-refractivity contribution in [3.8, 4) is 10.7 Å². The van der Waals surface area contributed by atoms with Crippen LogP contribution >= 0.6 is 11.3 Å². The van der Waals surface area contributed by atoms with Gasteiger partial charge in [-0.25, -0.2) is 9.97 Å². The third-order valence-corrected chi connectivity index (χ3v) is 5.22.